The minimum Gasteiger partial charge on any atom is -0.370 e. The number of anilines is 1. The van der Waals surface area contributed by atoms with E-state index in [4.69, 9.17) is 9.72 Å². The minimum atomic E-state index is -3.76. The lowest BCUT2D eigenvalue weighted by molar-refractivity contribution is 0.226. The van der Waals surface area contributed by atoms with E-state index in [2.05, 4.69) is 10.3 Å². The highest BCUT2D eigenvalue weighted by molar-refractivity contribution is 7.90. The highest BCUT2D eigenvalue weighted by Gasteiger charge is 2.48. The van der Waals surface area contributed by atoms with Crippen LogP contribution in [-0.2, 0) is 14.8 Å². The molecule has 2 atom stereocenters. The molecule has 2 fully saturated rings. The number of aromatic nitrogens is 3. The molecule has 1 saturated carbocycles. The Balaban J connectivity index is 1.42. The number of fused-ring (bicyclic) bond motifs is 1. The van der Waals surface area contributed by atoms with Crippen molar-refractivity contribution in [1.82, 2.24) is 13.9 Å². The lowest BCUT2D eigenvalue weighted by Crippen LogP contribution is -2.32. The third-order valence-corrected chi connectivity index (χ3v) is 8.58. The van der Waals surface area contributed by atoms with Gasteiger partial charge in [0.2, 0.25) is 5.95 Å². The van der Waals surface area contributed by atoms with Crippen molar-refractivity contribution >= 4 is 26.9 Å². The van der Waals surface area contributed by atoms with E-state index in [1.807, 2.05) is 31.2 Å². The lowest BCUT2D eigenvalue weighted by atomic mass is 9.86. The molecule has 1 spiro atoms. The van der Waals surface area contributed by atoms with Crippen LogP contribution >= 0.6 is 0 Å². The molecule has 2 aromatic heterocycles. The predicted octanol–water partition coefficient (Wildman–Crippen LogP) is 4.77. The van der Waals surface area contributed by atoms with Gasteiger partial charge in [-0.1, -0.05) is 36.4 Å². The number of nitrogens with one attached hydrogen (secondary N) is 1. The van der Waals surface area contributed by atoms with Crippen LogP contribution in [0.2, 0.25) is 0 Å². The van der Waals surface area contributed by atoms with Gasteiger partial charge in [0.25, 0.3) is 10.0 Å². The number of hydrogen-bond donors (Lipinski definition) is 1. The third kappa shape index (κ3) is 3.67. The van der Waals surface area contributed by atoms with Crippen LogP contribution in [0.15, 0.2) is 71.9 Å². The van der Waals surface area contributed by atoms with Gasteiger partial charge in [-0.15, -0.1) is 0 Å². The highest BCUT2D eigenvalue weighted by atomic mass is 32.2. The number of nitrogens with zero attached hydrogens (tertiary/aromatic N) is 3. The summed E-state index contributed by atoms with van der Waals surface area (Å²) in [6, 6.07) is 16.3. The number of hydrogen-bond acceptors (Lipinski definition) is 6. The molecule has 1 unspecified atom stereocenters. The molecular weight excluding hydrogens is 448 g/mol. The van der Waals surface area contributed by atoms with E-state index in [9.17, 15) is 8.42 Å². The average Bonchev–Trinajstić information content (AvgIpc) is 3.47. The largest absolute Gasteiger partial charge is 0.370 e. The SMILES string of the molecule is Cc1cnc(N[C@@H]2CCCC3(CO3)C2)nc1-c1cn(S(=O)(=O)c2ccccc2)c2ccccc12. The van der Waals surface area contributed by atoms with Crippen molar-refractivity contribution in [2.75, 3.05) is 11.9 Å². The number of benzene rings is 2. The van der Waals surface area contributed by atoms with E-state index in [1.54, 1.807) is 42.7 Å². The highest BCUT2D eigenvalue weighted by Crippen LogP contribution is 2.42. The average molecular weight is 475 g/mol. The van der Waals surface area contributed by atoms with Gasteiger partial charge in [0.05, 0.1) is 28.3 Å². The Morgan fingerprint density at radius 3 is 2.68 bits per heavy atom. The van der Waals surface area contributed by atoms with Crippen LogP contribution in [0.3, 0.4) is 0 Å². The molecule has 1 N–H and O–H groups in total. The monoisotopic (exact) mass is 474 g/mol. The molecule has 174 valence electrons. The summed E-state index contributed by atoms with van der Waals surface area (Å²) in [5.74, 6) is 0.561. The van der Waals surface area contributed by atoms with Gasteiger partial charge in [-0.25, -0.2) is 22.4 Å². The summed E-state index contributed by atoms with van der Waals surface area (Å²) < 4.78 is 34.0. The van der Waals surface area contributed by atoms with Gasteiger partial charge < -0.3 is 10.1 Å². The summed E-state index contributed by atoms with van der Waals surface area (Å²) in [4.78, 5) is 9.62. The van der Waals surface area contributed by atoms with E-state index in [1.165, 1.54) is 3.97 Å². The maximum Gasteiger partial charge on any atom is 0.268 e. The molecule has 8 heteroatoms. The van der Waals surface area contributed by atoms with Gasteiger partial charge in [-0.05, 0) is 56.4 Å². The predicted molar refractivity (Wildman–Crippen MR) is 131 cm³/mol. The van der Waals surface area contributed by atoms with Crippen LogP contribution in [-0.4, -0.2) is 40.6 Å². The van der Waals surface area contributed by atoms with Crippen molar-refractivity contribution in [1.29, 1.82) is 0 Å². The number of aryl methyl sites for hydroxylation is 1. The van der Waals surface area contributed by atoms with Gasteiger partial charge in [0.15, 0.2) is 0 Å². The van der Waals surface area contributed by atoms with Crippen molar-refractivity contribution in [2.24, 2.45) is 0 Å². The smallest absolute Gasteiger partial charge is 0.268 e. The van der Waals surface area contributed by atoms with E-state index in [0.717, 1.165) is 54.5 Å². The number of ether oxygens (including phenoxy) is 1. The van der Waals surface area contributed by atoms with Gasteiger partial charge in [-0.2, -0.15) is 0 Å². The molecule has 34 heavy (non-hydrogen) atoms. The minimum absolute atomic E-state index is 0.0582. The van der Waals surface area contributed by atoms with Gasteiger partial charge >= 0.3 is 0 Å². The number of rotatable bonds is 5. The number of epoxide rings is 1. The molecule has 2 aromatic carbocycles. The standard InChI is InChI=1S/C26H26N4O3S/c1-18-15-27-25(28-19-8-7-13-26(14-19)17-33-26)29-24(18)22-16-30(23-12-6-5-11-21(22)23)34(31,32)20-9-3-2-4-10-20/h2-6,9-12,15-16,19H,7-8,13-14,17H2,1H3,(H,27,28,29)/t19-,26?/m1/s1. The Kier molecular flexibility index (Phi) is 4.97. The van der Waals surface area contributed by atoms with E-state index >= 15 is 0 Å². The van der Waals surface area contributed by atoms with Crippen molar-refractivity contribution in [3.8, 4) is 11.3 Å². The number of para-hydroxylation sites is 1. The summed E-state index contributed by atoms with van der Waals surface area (Å²) in [6.45, 7) is 2.80. The first kappa shape index (κ1) is 21.3. The molecule has 0 amide bonds. The van der Waals surface area contributed by atoms with Crippen molar-refractivity contribution in [3.05, 3.63) is 72.6 Å². The summed E-state index contributed by atoms with van der Waals surface area (Å²) in [6.07, 6.45) is 7.76. The van der Waals surface area contributed by atoms with Crippen LogP contribution in [0, 0.1) is 6.92 Å². The first-order valence-electron chi connectivity index (χ1n) is 11.6. The van der Waals surface area contributed by atoms with Gasteiger partial charge in [-0.3, -0.25) is 0 Å². The Bertz CT molecular complexity index is 1480. The van der Waals surface area contributed by atoms with E-state index in [-0.39, 0.29) is 16.5 Å². The van der Waals surface area contributed by atoms with Crippen LogP contribution in [0.4, 0.5) is 5.95 Å². The fourth-order valence-electron chi connectivity index (χ4n) is 5.02. The molecule has 0 bridgehead atoms. The fraction of sp³-hybridized carbons (Fsp3) is 0.308. The third-order valence-electron chi connectivity index (χ3n) is 6.89. The van der Waals surface area contributed by atoms with Crippen molar-refractivity contribution in [3.63, 3.8) is 0 Å². The molecule has 6 rings (SSSR count). The zero-order valence-electron chi connectivity index (χ0n) is 18.9. The van der Waals surface area contributed by atoms with Crippen molar-refractivity contribution < 1.29 is 13.2 Å². The molecule has 7 nitrogen and oxygen atoms in total. The summed E-state index contributed by atoms with van der Waals surface area (Å²) in [7, 11) is -3.76. The maximum atomic E-state index is 13.5. The zero-order chi connectivity index (χ0) is 23.3. The zero-order valence-corrected chi connectivity index (χ0v) is 19.8. The summed E-state index contributed by atoms with van der Waals surface area (Å²) in [5, 5.41) is 4.33. The summed E-state index contributed by atoms with van der Waals surface area (Å²) in [5.41, 5.74) is 3.06. The fourth-order valence-corrected chi connectivity index (χ4v) is 6.41. The second-order valence-electron chi connectivity index (χ2n) is 9.31. The van der Waals surface area contributed by atoms with Crippen LogP contribution in [0.5, 0.6) is 0 Å². The molecule has 1 saturated heterocycles. The lowest BCUT2D eigenvalue weighted by Gasteiger charge is -2.27. The van der Waals surface area contributed by atoms with Crippen LogP contribution in [0.25, 0.3) is 22.2 Å². The Labute approximate surface area is 198 Å². The molecule has 1 aliphatic carbocycles. The van der Waals surface area contributed by atoms with Crippen LogP contribution in [0.1, 0.15) is 31.2 Å². The molecule has 0 radical (unpaired) electrons. The summed E-state index contributed by atoms with van der Waals surface area (Å²) >= 11 is 0. The normalized spacial score (nSPS) is 22.2. The molecule has 3 heterocycles. The quantitative estimate of drug-likeness (QED) is 0.419. The first-order valence-corrected chi connectivity index (χ1v) is 13.0. The molecular formula is C26H26N4O3S. The van der Waals surface area contributed by atoms with E-state index in [0.29, 0.717) is 11.5 Å². The second-order valence-corrected chi connectivity index (χ2v) is 11.1. The topological polar surface area (TPSA) is 89.4 Å². The van der Waals surface area contributed by atoms with Gasteiger partial charge in [0.1, 0.15) is 0 Å². The second kappa shape index (κ2) is 7.92. The van der Waals surface area contributed by atoms with Gasteiger partial charge in [0, 0.05) is 29.4 Å². The Morgan fingerprint density at radius 2 is 1.88 bits per heavy atom. The Morgan fingerprint density at radius 1 is 1.12 bits per heavy atom. The Hall–Kier alpha value is -3.23. The first-order chi connectivity index (χ1) is 16.5. The maximum absolute atomic E-state index is 13.5. The molecule has 2 aliphatic rings. The van der Waals surface area contributed by atoms with Crippen molar-refractivity contribution in [2.45, 2.75) is 49.1 Å². The molecule has 4 aromatic rings. The van der Waals surface area contributed by atoms with E-state index < -0.39 is 10.0 Å². The molecule has 1 aliphatic heterocycles. The van der Waals surface area contributed by atoms with Crippen LogP contribution < -0.4 is 5.32 Å².